The fraction of sp³-hybridized carbons (Fsp3) is 0.292. The smallest absolute Gasteiger partial charge is 0.365 e. The molecule has 0 unspecified atom stereocenters. The van der Waals surface area contributed by atoms with Crippen LogP contribution >= 0.6 is 0 Å². The molecular formula is C24H21F3N4O. The number of alkyl halides is 3. The Balaban J connectivity index is 1.35. The minimum absolute atomic E-state index is 0.0339. The molecule has 1 saturated heterocycles. The highest BCUT2D eigenvalue weighted by molar-refractivity contribution is 6.01. The molecule has 164 valence electrons. The maximum Gasteiger partial charge on any atom is 0.417 e. The van der Waals surface area contributed by atoms with Crippen molar-refractivity contribution in [1.82, 2.24) is 14.9 Å². The predicted molar refractivity (Wildman–Crippen MR) is 114 cm³/mol. The number of amides is 1. The van der Waals surface area contributed by atoms with Gasteiger partial charge in [0.25, 0.3) is 5.91 Å². The first-order chi connectivity index (χ1) is 15.4. The summed E-state index contributed by atoms with van der Waals surface area (Å²) in [6.07, 6.45) is -0.149. The highest BCUT2D eigenvalue weighted by Gasteiger charge is 2.47. The lowest BCUT2D eigenvalue weighted by Gasteiger charge is -2.34. The second-order valence-electron chi connectivity index (χ2n) is 8.30. The molecule has 1 N–H and O–H groups in total. The molecule has 0 spiro atoms. The number of hydrogen-bond acceptors (Lipinski definition) is 4. The number of pyridine rings is 2. The minimum Gasteiger partial charge on any atom is -0.365 e. The second-order valence-corrected chi connectivity index (χ2v) is 8.30. The molecule has 1 amide bonds. The number of anilines is 1. The van der Waals surface area contributed by atoms with E-state index in [1.165, 1.54) is 6.07 Å². The average molecular weight is 438 g/mol. The largest absolute Gasteiger partial charge is 0.417 e. The van der Waals surface area contributed by atoms with E-state index >= 15 is 0 Å². The number of benzene rings is 1. The van der Waals surface area contributed by atoms with Gasteiger partial charge in [0.15, 0.2) is 0 Å². The Bertz CT molecular complexity index is 1120. The zero-order valence-electron chi connectivity index (χ0n) is 17.1. The van der Waals surface area contributed by atoms with Crippen LogP contribution in [0.25, 0.3) is 11.3 Å². The van der Waals surface area contributed by atoms with Gasteiger partial charge in [-0.15, -0.1) is 0 Å². The number of piperidine rings is 1. The van der Waals surface area contributed by atoms with E-state index in [0.29, 0.717) is 23.8 Å². The summed E-state index contributed by atoms with van der Waals surface area (Å²) in [6, 6.07) is 15.3. The van der Waals surface area contributed by atoms with Crippen LogP contribution < -0.4 is 5.32 Å². The van der Waals surface area contributed by atoms with Gasteiger partial charge in [0.1, 0.15) is 5.82 Å². The van der Waals surface area contributed by atoms with Crippen LogP contribution in [-0.2, 0) is 6.18 Å². The van der Waals surface area contributed by atoms with Crippen molar-refractivity contribution in [2.75, 3.05) is 11.9 Å². The highest BCUT2D eigenvalue weighted by atomic mass is 19.4. The van der Waals surface area contributed by atoms with E-state index in [1.807, 2.05) is 47.4 Å². The molecule has 2 fully saturated rings. The minimum atomic E-state index is -4.41. The number of nitrogens with zero attached hydrogens (tertiary/aromatic N) is 3. The summed E-state index contributed by atoms with van der Waals surface area (Å²) in [4.78, 5) is 23.7. The summed E-state index contributed by atoms with van der Waals surface area (Å²) < 4.78 is 38.4. The van der Waals surface area contributed by atoms with Crippen molar-refractivity contribution in [1.29, 1.82) is 0 Å². The monoisotopic (exact) mass is 438 g/mol. The Kier molecular flexibility index (Phi) is 5.07. The van der Waals surface area contributed by atoms with E-state index in [1.54, 1.807) is 6.20 Å². The number of fused-ring (bicyclic) bond motifs is 2. The first-order valence-corrected chi connectivity index (χ1v) is 10.5. The van der Waals surface area contributed by atoms with Crippen LogP contribution in [0.3, 0.4) is 0 Å². The van der Waals surface area contributed by atoms with E-state index in [4.69, 9.17) is 0 Å². The quantitative estimate of drug-likeness (QED) is 0.631. The van der Waals surface area contributed by atoms with E-state index in [2.05, 4.69) is 15.3 Å². The Labute approximate surface area is 183 Å². The summed E-state index contributed by atoms with van der Waals surface area (Å²) >= 11 is 0. The molecule has 3 aromatic rings. The lowest BCUT2D eigenvalue weighted by Crippen LogP contribution is -2.47. The van der Waals surface area contributed by atoms with Crippen LogP contribution in [0.2, 0.25) is 0 Å². The summed E-state index contributed by atoms with van der Waals surface area (Å²) in [7, 11) is 0. The van der Waals surface area contributed by atoms with Crippen molar-refractivity contribution in [3.8, 4) is 11.3 Å². The summed E-state index contributed by atoms with van der Waals surface area (Å²) in [5.74, 6) is 0.695. The Morgan fingerprint density at radius 3 is 2.50 bits per heavy atom. The van der Waals surface area contributed by atoms with Gasteiger partial charge in [0, 0.05) is 36.1 Å². The molecule has 32 heavy (non-hydrogen) atoms. The van der Waals surface area contributed by atoms with Gasteiger partial charge in [-0.25, -0.2) is 4.98 Å². The maximum absolute atomic E-state index is 13.5. The van der Waals surface area contributed by atoms with Crippen molar-refractivity contribution in [3.05, 3.63) is 78.1 Å². The van der Waals surface area contributed by atoms with Crippen LogP contribution in [0.15, 0.2) is 67.0 Å². The topological polar surface area (TPSA) is 58.1 Å². The van der Waals surface area contributed by atoms with Gasteiger partial charge in [-0.05, 0) is 49.1 Å². The van der Waals surface area contributed by atoms with Gasteiger partial charge in [-0.3, -0.25) is 9.78 Å². The molecule has 1 saturated carbocycles. The molecule has 2 aromatic heterocycles. The molecule has 5 nitrogen and oxygen atoms in total. The van der Waals surface area contributed by atoms with Crippen LogP contribution in [0.4, 0.5) is 19.0 Å². The van der Waals surface area contributed by atoms with Crippen LogP contribution in [0, 0.1) is 5.92 Å². The Morgan fingerprint density at radius 1 is 1.00 bits per heavy atom. The van der Waals surface area contributed by atoms with Crippen molar-refractivity contribution in [2.24, 2.45) is 5.92 Å². The van der Waals surface area contributed by atoms with Gasteiger partial charge < -0.3 is 10.2 Å². The zero-order valence-corrected chi connectivity index (χ0v) is 17.1. The molecule has 3 heterocycles. The van der Waals surface area contributed by atoms with Crippen LogP contribution in [-0.4, -0.2) is 39.4 Å². The summed E-state index contributed by atoms with van der Waals surface area (Å²) in [5.41, 5.74) is 1.35. The molecule has 8 heteroatoms. The van der Waals surface area contributed by atoms with Gasteiger partial charge in [0.05, 0.1) is 17.3 Å². The number of halogens is 3. The van der Waals surface area contributed by atoms with Crippen molar-refractivity contribution >= 4 is 11.7 Å². The van der Waals surface area contributed by atoms with Crippen LogP contribution in [0.5, 0.6) is 0 Å². The first-order valence-electron chi connectivity index (χ1n) is 10.5. The van der Waals surface area contributed by atoms with E-state index in [0.717, 1.165) is 36.4 Å². The Hall–Kier alpha value is -3.42. The lowest BCUT2D eigenvalue weighted by molar-refractivity contribution is -0.137. The molecule has 1 aliphatic heterocycles. The van der Waals surface area contributed by atoms with Gasteiger partial charge in [0.2, 0.25) is 0 Å². The molecular weight excluding hydrogens is 417 g/mol. The number of carbonyl (C=O) groups is 1. The SMILES string of the molecule is O=C(c1ccccc1-c1ccccn1)N1C[C@@H]2C[C@@H](Nc3ccc(C(F)(F)F)cn3)[C@@H]1C2. The van der Waals surface area contributed by atoms with E-state index in [9.17, 15) is 18.0 Å². The van der Waals surface area contributed by atoms with Crippen molar-refractivity contribution in [3.63, 3.8) is 0 Å². The molecule has 0 radical (unpaired) electrons. The lowest BCUT2D eigenvalue weighted by atomic mass is 10.00. The van der Waals surface area contributed by atoms with E-state index < -0.39 is 11.7 Å². The van der Waals surface area contributed by atoms with E-state index in [-0.39, 0.29) is 18.0 Å². The fourth-order valence-corrected chi connectivity index (χ4v) is 4.82. The number of hydrogen-bond donors (Lipinski definition) is 1. The third kappa shape index (κ3) is 3.81. The van der Waals surface area contributed by atoms with Crippen molar-refractivity contribution < 1.29 is 18.0 Å². The second kappa shape index (κ2) is 7.93. The Morgan fingerprint density at radius 2 is 1.81 bits per heavy atom. The molecule has 2 aliphatic rings. The molecule has 5 rings (SSSR count). The summed E-state index contributed by atoms with van der Waals surface area (Å²) in [6.45, 7) is 0.679. The van der Waals surface area contributed by atoms with Crippen LogP contribution in [0.1, 0.15) is 28.8 Å². The average Bonchev–Trinajstić information content (AvgIpc) is 3.40. The zero-order chi connectivity index (χ0) is 22.3. The normalized spacial score (nSPS) is 22.2. The molecule has 2 bridgehead atoms. The fourth-order valence-electron chi connectivity index (χ4n) is 4.82. The number of likely N-dealkylation sites (tertiary alicyclic amines) is 1. The third-order valence-electron chi connectivity index (χ3n) is 6.27. The summed E-state index contributed by atoms with van der Waals surface area (Å²) in [5, 5.41) is 3.25. The first kappa shape index (κ1) is 20.5. The predicted octanol–water partition coefficient (Wildman–Crippen LogP) is 4.88. The number of carbonyl (C=O) groups excluding carboxylic acids is 1. The standard InChI is InChI=1S/C24H21F3N4O/c25-24(26,27)16-8-9-22(29-13-16)30-20-11-15-12-21(20)31(14-15)23(32)18-6-2-1-5-17(18)19-7-3-4-10-28-19/h1-10,13,15,20-21H,11-12,14H2,(H,29,30)/t15-,20-,21+/m1/s1. The number of nitrogens with one attached hydrogen (secondary N) is 1. The molecule has 3 atom stereocenters. The highest BCUT2D eigenvalue weighted by Crippen LogP contribution is 2.40. The molecule has 1 aromatic carbocycles. The van der Waals surface area contributed by atoms with Gasteiger partial charge >= 0.3 is 6.18 Å². The third-order valence-corrected chi connectivity index (χ3v) is 6.27. The number of aromatic nitrogens is 2. The van der Waals surface area contributed by atoms with Gasteiger partial charge in [-0.1, -0.05) is 24.3 Å². The van der Waals surface area contributed by atoms with Crippen molar-refractivity contribution in [2.45, 2.75) is 31.1 Å². The molecule has 1 aliphatic carbocycles. The maximum atomic E-state index is 13.5. The number of rotatable bonds is 4. The van der Waals surface area contributed by atoms with Gasteiger partial charge in [-0.2, -0.15) is 13.2 Å².